The molecule has 0 aromatic heterocycles. The van der Waals surface area contributed by atoms with E-state index in [-0.39, 0.29) is 42.4 Å². The van der Waals surface area contributed by atoms with E-state index in [1.165, 1.54) is 12.1 Å². The lowest BCUT2D eigenvalue weighted by atomic mass is 10.0. The number of rotatable bonds is 15. The number of sulfonamides is 1. The lowest BCUT2D eigenvalue weighted by Crippen LogP contribution is -2.51. The molecule has 14 heteroatoms. The molecule has 3 aliphatic rings. The van der Waals surface area contributed by atoms with Crippen LogP contribution < -0.4 is 10.6 Å². The molecule has 5 atom stereocenters. The molecule has 2 amide bonds. The Morgan fingerprint density at radius 2 is 1.83 bits per heavy atom. The number of alkyl carbamates (subject to hydrolysis) is 1. The number of aliphatic hydroxyl groups is 1. The van der Waals surface area contributed by atoms with Gasteiger partial charge in [0.2, 0.25) is 5.91 Å². The van der Waals surface area contributed by atoms with Crippen LogP contribution in [0.1, 0.15) is 44.6 Å². The summed E-state index contributed by atoms with van der Waals surface area (Å²) >= 11 is 0. The van der Waals surface area contributed by atoms with Crippen molar-refractivity contribution in [3.05, 3.63) is 60.2 Å². The molecule has 13 nitrogen and oxygen atoms in total. The summed E-state index contributed by atoms with van der Waals surface area (Å²) < 4.78 is 45.9. The molecule has 1 saturated carbocycles. The van der Waals surface area contributed by atoms with Crippen LogP contribution in [0.25, 0.3) is 0 Å². The molecule has 0 spiro atoms. The number of carbonyl (C=O) groups is 2. The average molecular weight is 675 g/mol. The Bertz CT molecular complexity index is 1440. The van der Waals surface area contributed by atoms with Gasteiger partial charge in [0.25, 0.3) is 10.0 Å². The summed E-state index contributed by atoms with van der Waals surface area (Å²) in [6, 6.07) is 14.5. The number of carbonyl (C=O) groups excluding carboxylic acids is 2. The first-order valence-electron chi connectivity index (χ1n) is 16.3. The number of aliphatic hydroxyl groups excluding tert-OH is 1. The second kappa shape index (κ2) is 16.2. The van der Waals surface area contributed by atoms with E-state index in [9.17, 15) is 23.1 Å². The van der Waals surface area contributed by atoms with Crippen molar-refractivity contribution in [3.8, 4) is 0 Å². The molecule has 2 aromatic carbocycles. The first-order chi connectivity index (χ1) is 22.6. The molecule has 5 rings (SSSR count). The Kier molecular flexibility index (Phi) is 12.1. The second-order valence-electron chi connectivity index (χ2n) is 12.3. The molecule has 1 aliphatic carbocycles. The summed E-state index contributed by atoms with van der Waals surface area (Å²) in [4.78, 5) is 33.0. The van der Waals surface area contributed by atoms with Crippen LogP contribution in [-0.4, -0.2) is 105 Å². The minimum absolute atomic E-state index is 0.000806. The van der Waals surface area contributed by atoms with Crippen LogP contribution in [0.5, 0.6) is 0 Å². The molecule has 2 aromatic rings. The smallest absolute Gasteiger partial charge is 0.407 e. The van der Waals surface area contributed by atoms with Gasteiger partial charge in [0.15, 0.2) is 6.29 Å². The monoisotopic (exact) mass is 674 g/mol. The highest BCUT2D eigenvalue weighted by Gasteiger charge is 2.44. The molecular formula is C33H46N4O9S. The number of benzene rings is 2. The Labute approximate surface area is 276 Å². The van der Waals surface area contributed by atoms with Gasteiger partial charge in [0.05, 0.1) is 55.4 Å². The molecule has 2 heterocycles. The van der Waals surface area contributed by atoms with Crippen molar-refractivity contribution in [1.82, 2.24) is 14.7 Å². The van der Waals surface area contributed by atoms with Crippen LogP contribution >= 0.6 is 0 Å². The fourth-order valence-electron chi connectivity index (χ4n) is 6.03. The van der Waals surface area contributed by atoms with Crippen molar-refractivity contribution in [3.63, 3.8) is 0 Å². The number of hydrogen-bond acceptors (Lipinski definition) is 10. The number of anilines is 1. The summed E-state index contributed by atoms with van der Waals surface area (Å²) in [5, 5.41) is 17.4. The summed E-state index contributed by atoms with van der Waals surface area (Å²) in [6.07, 6.45) is 0.783. The third-order valence-corrected chi connectivity index (χ3v) is 10.6. The number of likely N-dealkylation sites (N-methyl/N-ethyl adjacent to an activating group) is 1. The van der Waals surface area contributed by atoms with E-state index in [1.807, 2.05) is 37.3 Å². The van der Waals surface area contributed by atoms with Gasteiger partial charge in [-0.1, -0.05) is 53.7 Å². The predicted molar refractivity (Wildman–Crippen MR) is 173 cm³/mol. The van der Waals surface area contributed by atoms with Gasteiger partial charge in [-0.3, -0.25) is 9.63 Å². The highest BCUT2D eigenvalue weighted by atomic mass is 32.2. The minimum Gasteiger partial charge on any atom is -0.443 e. The molecule has 258 valence electrons. The summed E-state index contributed by atoms with van der Waals surface area (Å²) in [5.74, 6) is -0.197. The first kappa shape index (κ1) is 35.0. The molecular weight excluding hydrogens is 628 g/mol. The quantitative estimate of drug-likeness (QED) is 0.240. The van der Waals surface area contributed by atoms with Gasteiger partial charge < -0.3 is 34.9 Å². The maximum atomic E-state index is 14.1. The highest BCUT2D eigenvalue weighted by molar-refractivity contribution is 7.89. The maximum absolute atomic E-state index is 14.1. The molecule has 0 radical (unpaired) electrons. The second-order valence-corrected chi connectivity index (χ2v) is 14.1. The van der Waals surface area contributed by atoms with Crippen molar-refractivity contribution in [2.45, 2.75) is 81.0 Å². The Morgan fingerprint density at radius 1 is 1.06 bits per heavy atom. The molecule has 3 N–H and O–H groups in total. The van der Waals surface area contributed by atoms with Crippen LogP contribution in [0.4, 0.5) is 10.5 Å². The van der Waals surface area contributed by atoms with Crippen molar-refractivity contribution in [1.29, 1.82) is 0 Å². The van der Waals surface area contributed by atoms with E-state index in [0.29, 0.717) is 38.1 Å². The number of nitrogens with one attached hydrogen (secondary N) is 2. The SMILES string of the molecule is CCN(C)C(=O)CNc1cccc(S(=O)(=O)N(C[C@@H](O)[C@H](Cc2ccccc2)NC(=O)O[C@@H]2CO[C@@H]3OCC[C@@H]32)OC2CCCC2)c1. The van der Waals surface area contributed by atoms with Gasteiger partial charge in [-0.15, -0.1) is 0 Å². The van der Waals surface area contributed by atoms with Crippen LogP contribution in [-0.2, 0) is 40.3 Å². The van der Waals surface area contributed by atoms with Crippen molar-refractivity contribution < 1.29 is 42.2 Å². The number of fused-ring (bicyclic) bond motifs is 1. The first-order valence-corrected chi connectivity index (χ1v) is 17.8. The van der Waals surface area contributed by atoms with Gasteiger partial charge in [0, 0.05) is 19.3 Å². The minimum atomic E-state index is -4.29. The lowest BCUT2D eigenvalue weighted by molar-refractivity contribution is -0.145. The summed E-state index contributed by atoms with van der Waals surface area (Å²) in [7, 11) is -2.60. The fraction of sp³-hybridized carbons (Fsp3) is 0.576. The van der Waals surface area contributed by atoms with Crippen molar-refractivity contribution in [2.75, 3.05) is 45.2 Å². The van der Waals surface area contributed by atoms with E-state index >= 15 is 0 Å². The molecule has 3 fully saturated rings. The normalized spacial score (nSPS) is 22.5. The van der Waals surface area contributed by atoms with Gasteiger partial charge in [0.1, 0.15) is 6.10 Å². The molecule has 0 bridgehead atoms. The van der Waals surface area contributed by atoms with Crippen LogP contribution in [0.3, 0.4) is 0 Å². The fourth-order valence-corrected chi connectivity index (χ4v) is 7.38. The van der Waals surface area contributed by atoms with Crippen molar-refractivity contribution in [2.24, 2.45) is 5.92 Å². The molecule has 2 saturated heterocycles. The lowest BCUT2D eigenvalue weighted by Gasteiger charge is -2.31. The zero-order valence-corrected chi connectivity index (χ0v) is 27.8. The van der Waals surface area contributed by atoms with Crippen LogP contribution in [0, 0.1) is 5.92 Å². The summed E-state index contributed by atoms with van der Waals surface area (Å²) in [5.41, 5.74) is 1.28. The Balaban J connectivity index is 1.33. The summed E-state index contributed by atoms with van der Waals surface area (Å²) in [6.45, 7) is 2.72. The largest absolute Gasteiger partial charge is 0.443 e. The third-order valence-electron chi connectivity index (χ3n) is 8.96. The molecule has 2 aliphatic heterocycles. The number of nitrogens with zero attached hydrogens (tertiary/aromatic N) is 2. The topological polar surface area (TPSA) is 156 Å². The molecule has 47 heavy (non-hydrogen) atoms. The van der Waals surface area contributed by atoms with E-state index < -0.39 is 47.2 Å². The maximum Gasteiger partial charge on any atom is 0.407 e. The number of amides is 2. The van der Waals surface area contributed by atoms with Gasteiger partial charge >= 0.3 is 6.09 Å². The van der Waals surface area contributed by atoms with E-state index in [2.05, 4.69) is 10.6 Å². The predicted octanol–water partition coefficient (Wildman–Crippen LogP) is 2.90. The highest BCUT2D eigenvalue weighted by Crippen LogP contribution is 2.33. The van der Waals surface area contributed by atoms with E-state index in [4.69, 9.17) is 19.0 Å². The Morgan fingerprint density at radius 3 is 2.57 bits per heavy atom. The third kappa shape index (κ3) is 9.21. The standard InChI is InChI=1S/C33H46N4O9S/c1-3-36(2)31(39)20-34-24-12-9-15-26(19-24)47(41,42)37(46-25-13-7-8-14-25)21-29(38)28(18-23-10-5-4-6-11-23)35-33(40)45-30-22-44-32-27(30)16-17-43-32/h4-6,9-12,15,19,25,27-30,32,34,38H,3,7-8,13-14,16-18,20-22H2,1-2H3,(H,35,40)/t27-,28+,29-,30-,32+/m1/s1. The molecule has 0 unspecified atom stereocenters. The number of ether oxygens (including phenoxy) is 3. The Hall–Kier alpha value is -3.27. The van der Waals surface area contributed by atoms with Crippen LogP contribution in [0.15, 0.2) is 59.5 Å². The van der Waals surface area contributed by atoms with Gasteiger partial charge in [-0.2, -0.15) is 0 Å². The van der Waals surface area contributed by atoms with Crippen LogP contribution in [0.2, 0.25) is 0 Å². The number of hydrogen-bond donors (Lipinski definition) is 3. The number of hydroxylamine groups is 1. The van der Waals surface area contributed by atoms with Crippen molar-refractivity contribution >= 4 is 27.7 Å². The average Bonchev–Trinajstić information content (AvgIpc) is 3.84. The van der Waals surface area contributed by atoms with E-state index in [0.717, 1.165) is 22.9 Å². The zero-order chi connectivity index (χ0) is 33.4. The van der Waals surface area contributed by atoms with E-state index in [1.54, 1.807) is 24.1 Å². The zero-order valence-electron chi connectivity index (χ0n) is 27.0. The van der Waals surface area contributed by atoms with Gasteiger partial charge in [-0.25, -0.2) is 13.2 Å². The van der Waals surface area contributed by atoms with Gasteiger partial charge in [-0.05, 0) is 56.4 Å².